The van der Waals surface area contributed by atoms with E-state index >= 15 is 0 Å². The molecule has 148 valence electrons. The fourth-order valence-electron chi connectivity index (χ4n) is 3.10. The molecule has 3 rings (SSSR count). The summed E-state index contributed by atoms with van der Waals surface area (Å²) in [6, 6.07) is 9.84. The largest absolute Gasteiger partial charge is 0.467 e. The van der Waals surface area contributed by atoms with Gasteiger partial charge in [-0.2, -0.15) is 0 Å². The highest BCUT2D eigenvalue weighted by Crippen LogP contribution is 2.28. The van der Waals surface area contributed by atoms with Gasteiger partial charge in [0.15, 0.2) is 0 Å². The number of benzene rings is 1. The van der Waals surface area contributed by atoms with Crippen molar-refractivity contribution in [3.63, 3.8) is 0 Å². The molecule has 1 aromatic carbocycles. The van der Waals surface area contributed by atoms with Crippen LogP contribution in [0.25, 0.3) is 0 Å². The van der Waals surface area contributed by atoms with E-state index < -0.39 is 18.0 Å². The van der Waals surface area contributed by atoms with Crippen molar-refractivity contribution >= 4 is 23.6 Å². The number of carbonyl (C=O) groups excluding carboxylic acids is 2. The van der Waals surface area contributed by atoms with Crippen molar-refractivity contribution < 1.29 is 18.7 Å². The molecule has 0 saturated heterocycles. The van der Waals surface area contributed by atoms with Gasteiger partial charge in [-0.15, -0.1) is 0 Å². The first-order valence-electron chi connectivity index (χ1n) is 8.92. The summed E-state index contributed by atoms with van der Waals surface area (Å²) in [5, 5.41) is 6.13. The molecule has 2 aromatic rings. The van der Waals surface area contributed by atoms with Crippen molar-refractivity contribution in [2.45, 2.75) is 19.5 Å². The van der Waals surface area contributed by atoms with Gasteiger partial charge in [-0.1, -0.05) is 29.8 Å². The summed E-state index contributed by atoms with van der Waals surface area (Å²) in [6.07, 6.45) is 1.50. The summed E-state index contributed by atoms with van der Waals surface area (Å²) < 4.78 is 10.7. The van der Waals surface area contributed by atoms with E-state index in [0.29, 0.717) is 35.1 Å². The molecule has 0 fully saturated rings. The van der Waals surface area contributed by atoms with Crippen LogP contribution in [0.1, 0.15) is 24.3 Å². The number of likely N-dealkylation sites (N-methyl/N-ethyl adjacent to an activating group) is 1. The van der Waals surface area contributed by atoms with E-state index in [9.17, 15) is 9.59 Å². The highest BCUT2D eigenvalue weighted by atomic mass is 35.5. The number of amides is 2. The van der Waals surface area contributed by atoms with Gasteiger partial charge in [0.1, 0.15) is 11.8 Å². The zero-order valence-electron chi connectivity index (χ0n) is 15.7. The van der Waals surface area contributed by atoms with E-state index in [2.05, 4.69) is 10.6 Å². The zero-order valence-corrected chi connectivity index (χ0v) is 16.5. The molecule has 1 aromatic heterocycles. The summed E-state index contributed by atoms with van der Waals surface area (Å²) in [6.45, 7) is 2.83. The van der Waals surface area contributed by atoms with E-state index in [1.807, 2.05) is 36.2 Å². The Kier molecular flexibility index (Phi) is 6.38. The standard InChI is InChI=1S/C20H22ClN3O4/c1-3-27-19(25)17-15(12-24(2)11-13-7-4-5-8-14(13)21)22-20(26)23-18(17)16-9-6-10-28-16/h4-10,18H,3,11-12H2,1-2H3,(H2,22,23,26)/t18-/m0/s1. The van der Waals surface area contributed by atoms with Gasteiger partial charge in [0.2, 0.25) is 0 Å². The number of carbonyl (C=O) groups is 2. The predicted octanol–water partition coefficient (Wildman–Crippen LogP) is 3.24. The van der Waals surface area contributed by atoms with E-state index in [1.165, 1.54) is 6.26 Å². The van der Waals surface area contributed by atoms with Crippen LogP contribution < -0.4 is 10.6 Å². The highest BCUT2D eigenvalue weighted by molar-refractivity contribution is 6.31. The second-order valence-corrected chi connectivity index (χ2v) is 6.83. The number of ether oxygens (including phenoxy) is 1. The zero-order chi connectivity index (χ0) is 20.1. The lowest BCUT2D eigenvalue weighted by Crippen LogP contribution is -2.48. The third-order valence-corrected chi connectivity index (χ3v) is 4.67. The molecule has 0 spiro atoms. The van der Waals surface area contributed by atoms with Crippen LogP contribution >= 0.6 is 11.6 Å². The van der Waals surface area contributed by atoms with E-state index in [0.717, 1.165) is 5.56 Å². The lowest BCUT2D eigenvalue weighted by molar-refractivity contribution is -0.139. The summed E-state index contributed by atoms with van der Waals surface area (Å²) in [5.74, 6) is -0.0401. The Balaban J connectivity index is 1.90. The van der Waals surface area contributed by atoms with Crippen molar-refractivity contribution in [1.29, 1.82) is 0 Å². The van der Waals surface area contributed by atoms with Gasteiger partial charge in [-0.05, 0) is 37.7 Å². The number of esters is 1. The minimum Gasteiger partial charge on any atom is -0.467 e. The van der Waals surface area contributed by atoms with Gasteiger partial charge in [-0.3, -0.25) is 4.90 Å². The summed E-state index contributed by atoms with van der Waals surface area (Å²) in [7, 11) is 1.88. The maximum Gasteiger partial charge on any atom is 0.338 e. The van der Waals surface area contributed by atoms with Gasteiger partial charge < -0.3 is 19.8 Å². The van der Waals surface area contributed by atoms with Crippen LogP contribution in [0.2, 0.25) is 5.02 Å². The second-order valence-electron chi connectivity index (χ2n) is 6.42. The van der Waals surface area contributed by atoms with Crippen molar-refractivity contribution in [2.24, 2.45) is 0 Å². The second kappa shape index (κ2) is 8.95. The Labute approximate surface area is 168 Å². The smallest absolute Gasteiger partial charge is 0.338 e. The van der Waals surface area contributed by atoms with Crippen LogP contribution in [-0.2, 0) is 16.1 Å². The van der Waals surface area contributed by atoms with Crippen LogP contribution in [0.3, 0.4) is 0 Å². The molecule has 1 atom stereocenters. The van der Waals surface area contributed by atoms with Gasteiger partial charge >= 0.3 is 12.0 Å². The van der Waals surface area contributed by atoms with Crippen molar-refractivity contribution in [3.8, 4) is 0 Å². The molecule has 0 aliphatic carbocycles. The quantitative estimate of drug-likeness (QED) is 0.693. The molecule has 7 nitrogen and oxygen atoms in total. The van der Waals surface area contributed by atoms with Crippen molar-refractivity contribution in [1.82, 2.24) is 15.5 Å². The number of nitrogens with zero attached hydrogens (tertiary/aromatic N) is 1. The Bertz CT molecular complexity index is 879. The van der Waals surface area contributed by atoms with Crippen LogP contribution in [0.15, 0.2) is 58.3 Å². The number of hydrogen-bond donors (Lipinski definition) is 2. The molecular formula is C20H22ClN3O4. The molecule has 28 heavy (non-hydrogen) atoms. The SMILES string of the molecule is CCOC(=O)C1=C(CN(C)Cc2ccccc2Cl)NC(=O)N[C@H]1c1ccco1. The molecule has 8 heteroatoms. The summed E-state index contributed by atoms with van der Waals surface area (Å²) in [4.78, 5) is 26.8. The van der Waals surface area contributed by atoms with Gasteiger partial charge in [0.05, 0.1) is 18.4 Å². The third kappa shape index (κ3) is 4.55. The van der Waals surface area contributed by atoms with Gasteiger partial charge in [-0.25, -0.2) is 9.59 Å². The lowest BCUT2D eigenvalue weighted by atomic mass is 10.00. The minimum atomic E-state index is -0.716. The molecule has 0 unspecified atom stereocenters. The first-order chi connectivity index (χ1) is 13.5. The average Bonchev–Trinajstić information content (AvgIpc) is 3.18. The van der Waals surface area contributed by atoms with Crippen LogP contribution in [0.5, 0.6) is 0 Å². The number of rotatable bonds is 7. The number of furan rings is 1. The Hall–Kier alpha value is -2.77. The monoisotopic (exact) mass is 403 g/mol. The molecule has 2 amide bonds. The maximum absolute atomic E-state index is 12.7. The topological polar surface area (TPSA) is 83.8 Å². The Morgan fingerprint density at radius 1 is 1.25 bits per heavy atom. The van der Waals surface area contributed by atoms with Gasteiger partial charge in [0.25, 0.3) is 0 Å². The first kappa shape index (κ1) is 20.0. The lowest BCUT2D eigenvalue weighted by Gasteiger charge is -2.30. The molecule has 1 aliphatic rings. The summed E-state index contributed by atoms with van der Waals surface area (Å²) >= 11 is 6.24. The molecular weight excluding hydrogens is 382 g/mol. The number of urea groups is 1. The van der Waals surface area contributed by atoms with Crippen LogP contribution in [-0.4, -0.2) is 37.1 Å². The number of halogens is 1. The normalized spacial score (nSPS) is 16.7. The molecule has 2 heterocycles. The molecule has 0 saturated carbocycles. The first-order valence-corrected chi connectivity index (χ1v) is 9.30. The van der Waals surface area contributed by atoms with E-state index in [-0.39, 0.29) is 6.61 Å². The van der Waals surface area contributed by atoms with Crippen LogP contribution in [0.4, 0.5) is 4.79 Å². The molecule has 0 bridgehead atoms. The predicted molar refractivity (Wildman–Crippen MR) is 105 cm³/mol. The molecule has 2 N–H and O–H groups in total. The molecule has 0 radical (unpaired) electrons. The van der Waals surface area contributed by atoms with E-state index in [1.54, 1.807) is 19.1 Å². The van der Waals surface area contributed by atoms with E-state index in [4.69, 9.17) is 20.8 Å². The highest BCUT2D eigenvalue weighted by Gasteiger charge is 2.35. The van der Waals surface area contributed by atoms with Crippen molar-refractivity contribution in [3.05, 3.63) is 70.3 Å². The average molecular weight is 404 g/mol. The Morgan fingerprint density at radius 2 is 2.04 bits per heavy atom. The Morgan fingerprint density at radius 3 is 2.71 bits per heavy atom. The molecule has 1 aliphatic heterocycles. The minimum absolute atomic E-state index is 0.226. The van der Waals surface area contributed by atoms with Crippen molar-refractivity contribution in [2.75, 3.05) is 20.2 Å². The fraction of sp³-hybridized carbons (Fsp3) is 0.300. The third-order valence-electron chi connectivity index (χ3n) is 4.30. The van der Waals surface area contributed by atoms with Gasteiger partial charge in [0, 0.05) is 23.8 Å². The summed E-state index contributed by atoms with van der Waals surface area (Å²) in [5.41, 5.74) is 1.74. The number of hydrogen-bond acceptors (Lipinski definition) is 5. The maximum atomic E-state index is 12.7. The van der Waals surface area contributed by atoms with Crippen LogP contribution in [0, 0.1) is 0 Å². The fourth-order valence-corrected chi connectivity index (χ4v) is 3.30. The number of nitrogens with one attached hydrogen (secondary N) is 2.